The Morgan fingerprint density at radius 2 is 2.27 bits per heavy atom. The lowest BCUT2D eigenvalue weighted by molar-refractivity contribution is 0.347. The normalized spacial score (nSPS) is 17.8. The van der Waals surface area contributed by atoms with Crippen LogP contribution >= 0.6 is 0 Å². The maximum Gasteiger partial charge on any atom is 0.139 e. The van der Waals surface area contributed by atoms with Gasteiger partial charge in [0, 0.05) is 44.6 Å². The van der Waals surface area contributed by atoms with Gasteiger partial charge >= 0.3 is 0 Å². The molecule has 0 amide bonds. The van der Waals surface area contributed by atoms with E-state index in [0.29, 0.717) is 5.92 Å². The van der Waals surface area contributed by atoms with Crippen LogP contribution in [0.1, 0.15) is 23.5 Å². The van der Waals surface area contributed by atoms with E-state index in [2.05, 4.69) is 55.7 Å². The second-order valence-corrected chi connectivity index (χ2v) is 6.17. The number of hydrogen-bond acceptors (Lipinski definition) is 3. The zero-order chi connectivity index (χ0) is 14.9. The molecule has 114 valence electrons. The maximum absolute atomic E-state index is 4.52. The highest BCUT2D eigenvalue weighted by atomic mass is 15.1. The molecular weight excluding hydrogens is 274 g/mol. The van der Waals surface area contributed by atoms with Crippen LogP contribution in [0.25, 0.3) is 5.65 Å². The molecule has 22 heavy (non-hydrogen) atoms. The van der Waals surface area contributed by atoms with Gasteiger partial charge in [0.25, 0.3) is 0 Å². The summed E-state index contributed by atoms with van der Waals surface area (Å²) in [6.07, 6.45) is 10.4. The summed E-state index contributed by atoms with van der Waals surface area (Å²) in [4.78, 5) is 8.90. The van der Waals surface area contributed by atoms with Gasteiger partial charge in [0.2, 0.25) is 0 Å². The predicted octanol–water partition coefficient (Wildman–Crippen LogP) is 2.19. The minimum atomic E-state index is 0.683. The first-order valence-electron chi connectivity index (χ1n) is 7.93. The first kappa shape index (κ1) is 13.5. The molecule has 1 aliphatic rings. The lowest BCUT2D eigenvalue weighted by Crippen LogP contribution is -2.30. The largest absolute Gasteiger partial charge is 0.335 e. The molecule has 4 rings (SSSR count). The number of aryl methyl sites for hydroxylation is 2. The fourth-order valence-corrected chi connectivity index (χ4v) is 3.34. The number of fused-ring (bicyclic) bond motifs is 2. The summed E-state index contributed by atoms with van der Waals surface area (Å²) in [6, 6.07) is 4.18. The van der Waals surface area contributed by atoms with Crippen LogP contribution < -0.4 is 5.32 Å². The Kier molecular flexibility index (Phi) is 3.42. The van der Waals surface area contributed by atoms with Gasteiger partial charge in [-0.15, -0.1) is 0 Å². The number of rotatable bonds is 4. The number of imidazole rings is 2. The van der Waals surface area contributed by atoms with E-state index in [9.17, 15) is 0 Å². The topological polar surface area (TPSA) is 47.1 Å². The zero-order valence-corrected chi connectivity index (χ0v) is 12.9. The lowest BCUT2D eigenvalue weighted by atomic mass is 9.99. The van der Waals surface area contributed by atoms with E-state index in [4.69, 9.17) is 0 Å². The van der Waals surface area contributed by atoms with Crippen LogP contribution in [0.5, 0.6) is 0 Å². The third-order valence-electron chi connectivity index (χ3n) is 4.58. The van der Waals surface area contributed by atoms with E-state index in [-0.39, 0.29) is 0 Å². The average Bonchev–Trinajstić information content (AvgIpc) is 3.14. The van der Waals surface area contributed by atoms with Gasteiger partial charge in [0.05, 0.1) is 11.9 Å². The number of nitrogens with one attached hydrogen (secondary N) is 1. The Morgan fingerprint density at radius 3 is 3.23 bits per heavy atom. The van der Waals surface area contributed by atoms with E-state index >= 15 is 0 Å². The summed E-state index contributed by atoms with van der Waals surface area (Å²) in [5.74, 6) is 1.91. The molecule has 0 bridgehead atoms. The highest BCUT2D eigenvalue weighted by Gasteiger charge is 2.18. The summed E-state index contributed by atoms with van der Waals surface area (Å²) in [5, 5.41) is 3.60. The first-order valence-corrected chi connectivity index (χ1v) is 7.93. The van der Waals surface area contributed by atoms with Crippen molar-refractivity contribution >= 4 is 5.65 Å². The molecule has 1 N–H and O–H groups in total. The standard InChI is InChI=1S/C17H21N5/c1-13-3-2-7-22-15(11-20-17(13)22)10-18-9-14-4-5-16-19-6-8-21(16)12-14/h2-3,6-8,11,14,18H,4-5,9-10,12H2,1H3/t14-/m0/s1. The van der Waals surface area contributed by atoms with Crippen molar-refractivity contribution < 1.29 is 0 Å². The zero-order valence-electron chi connectivity index (χ0n) is 12.9. The van der Waals surface area contributed by atoms with E-state index < -0.39 is 0 Å². The van der Waals surface area contributed by atoms with Gasteiger partial charge in [-0.05, 0) is 30.9 Å². The fraction of sp³-hybridized carbons (Fsp3) is 0.412. The highest BCUT2D eigenvalue weighted by molar-refractivity contribution is 5.48. The minimum absolute atomic E-state index is 0.683. The molecule has 4 heterocycles. The summed E-state index contributed by atoms with van der Waals surface area (Å²) >= 11 is 0. The summed E-state index contributed by atoms with van der Waals surface area (Å²) in [6.45, 7) is 5.08. The van der Waals surface area contributed by atoms with Gasteiger partial charge in [-0.3, -0.25) is 0 Å². The van der Waals surface area contributed by atoms with Gasteiger partial charge in [-0.1, -0.05) is 6.07 Å². The first-order chi connectivity index (χ1) is 10.8. The maximum atomic E-state index is 4.52. The molecule has 0 saturated carbocycles. The fourth-order valence-electron chi connectivity index (χ4n) is 3.34. The summed E-state index contributed by atoms with van der Waals surface area (Å²) < 4.78 is 4.46. The third kappa shape index (κ3) is 2.41. The van der Waals surface area contributed by atoms with Gasteiger partial charge < -0.3 is 14.3 Å². The molecular formula is C17H21N5. The number of aromatic nitrogens is 4. The Hall–Kier alpha value is -2.14. The van der Waals surface area contributed by atoms with Crippen molar-refractivity contribution in [2.24, 2.45) is 5.92 Å². The van der Waals surface area contributed by atoms with E-state index in [1.54, 1.807) is 0 Å². The summed E-state index contributed by atoms with van der Waals surface area (Å²) in [7, 11) is 0. The van der Waals surface area contributed by atoms with Gasteiger partial charge in [-0.25, -0.2) is 9.97 Å². The summed E-state index contributed by atoms with van der Waals surface area (Å²) in [5.41, 5.74) is 3.49. The molecule has 0 aromatic carbocycles. The van der Waals surface area contributed by atoms with Crippen molar-refractivity contribution in [1.82, 2.24) is 24.3 Å². The Morgan fingerprint density at radius 1 is 1.32 bits per heavy atom. The number of hydrogen-bond donors (Lipinski definition) is 1. The van der Waals surface area contributed by atoms with Crippen molar-refractivity contribution in [3.63, 3.8) is 0 Å². The van der Waals surface area contributed by atoms with Crippen LogP contribution in [0.4, 0.5) is 0 Å². The number of pyridine rings is 1. The van der Waals surface area contributed by atoms with Crippen LogP contribution in [-0.2, 0) is 19.5 Å². The SMILES string of the molecule is Cc1cccn2c(CNC[C@@H]3CCc4nccn4C3)cnc12. The van der Waals surface area contributed by atoms with Crippen LogP contribution in [0, 0.1) is 12.8 Å². The molecule has 0 fully saturated rings. The average molecular weight is 295 g/mol. The van der Waals surface area contributed by atoms with E-state index in [1.807, 2.05) is 12.4 Å². The quantitative estimate of drug-likeness (QED) is 0.802. The molecule has 0 unspecified atom stereocenters. The molecule has 1 atom stereocenters. The van der Waals surface area contributed by atoms with Crippen molar-refractivity contribution in [3.05, 3.63) is 54.0 Å². The molecule has 0 saturated heterocycles. The second kappa shape index (κ2) is 5.57. The van der Waals surface area contributed by atoms with Gasteiger partial charge in [-0.2, -0.15) is 0 Å². The van der Waals surface area contributed by atoms with Crippen LogP contribution in [0.3, 0.4) is 0 Å². The van der Waals surface area contributed by atoms with Crippen LogP contribution in [0.15, 0.2) is 36.9 Å². The highest BCUT2D eigenvalue weighted by Crippen LogP contribution is 2.18. The minimum Gasteiger partial charge on any atom is -0.335 e. The molecule has 5 heteroatoms. The van der Waals surface area contributed by atoms with Crippen molar-refractivity contribution in [3.8, 4) is 0 Å². The molecule has 3 aromatic heterocycles. The van der Waals surface area contributed by atoms with E-state index in [0.717, 1.165) is 31.7 Å². The smallest absolute Gasteiger partial charge is 0.139 e. The molecule has 5 nitrogen and oxygen atoms in total. The molecule has 0 spiro atoms. The lowest BCUT2D eigenvalue weighted by Gasteiger charge is -2.24. The molecule has 0 radical (unpaired) electrons. The van der Waals surface area contributed by atoms with Crippen molar-refractivity contribution in [2.75, 3.05) is 6.54 Å². The number of nitrogens with zero attached hydrogens (tertiary/aromatic N) is 4. The molecule has 3 aromatic rings. The Balaban J connectivity index is 1.38. The third-order valence-corrected chi connectivity index (χ3v) is 4.58. The molecule has 1 aliphatic heterocycles. The van der Waals surface area contributed by atoms with Gasteiger partial charge in [0.1, 0.15) is 11.5 Å². The Bertz CT molecular complexity index is 785. The van der Waals surface area contributed by atoms with Crippen molar-refractivity contribution in [2.45, 2.75) is 32.9 Å². The predicted molar refractivity (Wildman–Crippen MR) is 85.7 cm³/mol. The van der Waals surface area contributed by atoms with Crippen LogP contribution in [-0.4, -0.2) is 25.5 Å². The van der Waals surface area contributed by atoms with E-state index in [1.165, 1.54) is 23.5 Å². The second-order valence-electron chi connectivity index (χ2n) is 6.17. The van der Waals surface area contributed by atoms with Crippen LogP contribution in [0.2, 0.25) is 0 Å². The monoisotopic (exact) mass is 295 g/mol. The molecule has 0 aliphatic carbocycles. The van der Waals surface area contributed by atoms with Crippen molar-refractivity contribution in [1.29, 1.82) is 0 Å². The van der Waals surface area contributed by atoms with Gasteiger partial charge in [0.15, 0.2) is 0 Å². The Labute approximate surface area is 130 Å².